The zero-order chi connectivity index (χ0) is 15.6. The van der Waals surface area contributed by atoms with E-state index in [1.165, 1.54) is 5.56 Å². The highest BCUT2D eigenvalue weighted by molar-refractivity contribution is 5.79. The van der Waals surface area contributed by atoms with Crippen LogP contribution in [0.3, 0.4) is 0 Å². The normalized spacial score (nSPS) is 11.1. The molecule has 0 unspecified atom stereocenters. The number of benzene rings is 2. The largest absolute Gasteiger partial charge is 0.492 e. The van der Waals surface area contributed by atoms with E-state index in [0.29, 0.717) is 6.61 Å². The Morgan fingerprint density at radius 3 is 2.32 bits per heavy atom. The summed E-state index contributed by atoms with van der Waals surface area (Å²) >= 11 is 0. The number of aliphatic imine (C=N–C) groups is 1. The number of guanidine groups is 1. The van der Waals surface area contributed by atoms with Crippen LogP contribution in [0.2, 0.25) is 0 Å². The molecule has 22 heavy (non-hydrogen) atoms. The number of para-hydroxylation sites is 1. The van der Waals surface area contributed by atoms with Gasteiger partial charge in [0.15, 0.2) is 5.96 Å². The number of hydrogen-bond acceptors (Lipinski definition) is 2. The van der Waals surface area contributed by atoms with Crippen LogP contribution in [0.15, 0.2) is 65.7 Å². The Kier molecular flexibility index (Phi) is 6.30. The van der Waals surface area contributed by atoms with Gasteiger partial charge in [0, 0.05) is 20.6 Å². The summed E-state index contributed by atoms with van der Waals surface area (Å²) in [7, 11) is 3.80. The quantitative estimate of drug-likeness (QED) is 0.658. The average molecular weight is 297 g/mol. The molecule has 2 aromatic rings. The predicted molar refractivity (Wildman–Crippen MR) is 91.2 cm³/mol. The van der Waals surface area contributed by atoms with Crippen LogP contribution >= 0.6 is 0 Å². The van der Waals surface area contributed by atoms with Crippen LogP contribution in [0.1, 0.15) is 5.56 Å². The topological polar surface area (TPSA) is 36.9 Å². The Balaban J connectivity index is 1.75. The fourth-order valence-electron chi connectivity index (χ4n) is 2.08. The molecule has 0 fully saturated rings. The fourth-order valence-corrected chi connectivity index (χ4v) is 2.08. The van der Waals surface area contributed by atoms with E-state index in [9.17, 15) is 0 Å². The van der Waals surface area contributed by atoms with Crippen LogP contribution in [0, 0.1) is 0 Å². The van der Waals surface area contributed by atoms with Gasteiger partial charge >= 0.3 is 0 Å². The van der Waals surface area contributed by atoms with Crippen molar-refractivity contribution in [3.8, 4) is 5.75 Å². The minimum atomic E-state index is 0.618. The van der Waals surface area contributed by atoms with Gasteiger partial charge in [-0.25, -0.2) is 0 Å². The first-order valence-corrected chi connectivity index (χ1v) is 7.43. The first-order valence-electron chi connectivity index (χ1n) is 7.43. The molecule has 0 saturated carbocycles. The van der Waals surface area contributed by atoms with Gasteiger partial charge in [0.2, 0.25) is 0 Å². The molecule has 2 rings (SSSR count). The highest BCUT2D eigenvalue weighted by atomic mass is 16.5. The molecule has 0 atom stereocenters. The van der Waals surface area contributed by atoms with Gasteiger partial charge in [-0.15, -0.1) is 0 Å². The molecule has 4 nitrogen and oxygen atoms in total. The Hall–Kier alpha value is -2.49. The Morgan fingerprint density at radius 1 is 1.05 bits per heavy atom. The molecule has 0 aliphatic rings. The second-order valence-corrected chi connectivity index (χ2v) is 4.97. The highest BCUT2D eigenvalue weighted by Crippen LogP contribution is 2.07. The third-order valence-electron chi connectivity index (χ3n) is 3.31. The zero-order valence-corrected chi connectivity index (χ0v) is 13.2. The standard InChI is InChI=1S/C18H23N3O/c1-19-18(20-15-16-9-5-3-6-10-16)21(2)13-14-22-17-11-7-4-8-12-17/h3-12H,13-15H2,1-2H3,(H,19,20). The molecule has 4 heteroatoms. The van der Waals surface area contributed by atoms with Gasteiger partial charge in [0.25, 0.3) is 0 Å². The van der Waals surface area contributed by atoms with E-state index in [4.69, 9.17) is 4.74 Å². The lowest BCUT2D eigenvalue weighted by molar-refractivity contribution is 0.281. The van der Waals surface area contributed by atoms with Crippen molar-refractivity contribution in [2.45, 2.75) is 6.54 Å². The van der Waals surface area contributed by atoms with Crippen molar-refractivity contribution in [3.05, 3.63) is 66.2 Å². The van der Waals surface area contributed by atoms with Crippen molar-refractivity contribution >= 4 is 5.96 Å². The van der Waals surface area contributed by atoms with Gasteiger partial charge in [-0.05, 0) is 17.7 Å². The molecule has 0 saturated heterocycles. The summed E-state index contributed by atoms with van der Waals surface area (Å²) in [4.78, 5) is 6.37. The van der Waals surface area contributed by atoms with E-state index in [0.717, 1.165) is 24.8 Å². The van der Waals surface area contributed by atoms with Crippen molar-refractivity contribution in [2.24, 2.45) is 4.99 Å². The minimum absolute atomic E-state index is 0.618. The number of nitrogens with one attached hydrogen (secondary N) is 1. The summed E-state index contributed by atoms with van der Waals surface area (Å²) in [5.74, 6) is 1.75. The molecule has 116 valence electrons. The van der Waals surface area contributed by atoms with Gasteiger partial charge in [-0.2, -0.15) is 0 Å². The molecule has 1 N–H and O–H groups in total. The van der Waals surface area contributed by atoms with E-state index in [2.05, 4.69) is 27.3 Å². The monoisotopic (exact) mass is 297 g/mol. The molecule has 0 aliphatic carbocycles. The van der Waals surface area contributed by atoms with Crippen molar-refractivity contribution in [3.63, 3.8) is 0 Å². The van der Waals surface area contributed by atoms with Crippen LogP contribution < -0.4 is 10.1 Å². The second kappa shape index (κ2) is 8.72. The smallest absolute Gasteiger partial charge is 0.193 e. The summed E-state index contributed by atoms with van der Waals surface area (Å²) in [6.07, 6.45) is 0. The van der Waals surface area contributed by atoms with Crippen molar-refractivity contribution in [1.29, 1.82) is 0 Å². The molecule has 0 aliphatic heterocycles. The SMILES string of the molecule is CN=C(NCc1ccccc1)N(C)CCOc1ccccc1. The van der Waals surface area contributed by atoms with Gasteiger partial charge in [-0.1, -0.05) is 48.5 Å². The lowest BCUT2D eigenvalue weighted by Crippen LogP contribution is -2.40. The lowest BCUT2D eigenvalue weighted by Gasteiger charge is -2.22. The fraction of sp³-hybridized carbons (Fsp3) is 0.278. The number of hydrogen-bond donors (Lipinski definition) is 1. The predicted octanol–water partition coefficient (Wildman–Crippen LogP) is 2.77. The molecule has 0 aromatic heterocycles. The molecule has 0 heterocycles. The molecule has 2 aromatic carbocycles. The van der Waals surface area contributed by atoms with Crippen LogP contribution in [-0.2, 0) is 6.54 Å². The molecule has 0 bridgehead atoms. The summed E-state index contributed by atoms with van der Waals surface area (Å²) in [6, 6.07) is 20.1. The summed E-state index contributed by atoms with van der Waals surface area (Å²) in [5.41, 5.74) is 1.23. The molecule has 0 radical (unpaired) electrons. The second-order valence-electron chi connectivity index (χ2n) is 4.97. The van der Waals surface area contributed by atoms with E-state index in [-0.39, 0.29) is 0 Å². The average Bonchev–Trinajstić information content (AvgIpc) is 2.57. The third-order valence-corrected chi connectivity index (χ3v) is 3.31. The number of ether oxygens (including phenoxy) is 1. The maximum absolute atomic E-state index is 5.71. The van der Waals surface area contributed by atoms with Crippen molar-refractivity contribution in [1.82, 2.24) is 10.2 Å². The molecular weight excluding hydrogens is 274 g/mol. The van der Waals surface area contributed by atoms with Crippen molar-refractivity contribution in [2.75, 3.05) is 27.2 Å². The molecule has 0 spiro atoms. The number of rotatable bonds is 6. The Labute approximate surface area is 132 Å². The number of likely N-dealkylation sites (N-methyl/N-ethyl adjacent to an activating group) is 1. The number of nitrogens with zero attached hydrogens (tertiary/aromatic N) is 2. The first-order chi connectivity index (χ1) is 10.8. The van der Waals surface area contributed by atoms with E-state index >= 15 is 0 Å². The summed E-state index contributed by atoms with van der Waals surface area (Å²) in [5, 5.41) is 3.35. The van der Waals surface area contributed by atoms with Gasteiger partial charge in [0.1, 0.15) is 12.4 Å². The first kappa shape index (κ1) is 15.9. The minimum Gasteiger partial charge on any atom is -0.492 e. The maximum atomic E-state index is 5.71. The highest BCUT2D eigenvalue weighted by Gasteiger charge is 2.05. The summed E-state index contributed by atoms with van der Waals surface area (Å²) in [6.45, 7) is 2.15. The Bertz CT molecular complexity index is 569. The van der Waals surface area contributed by atoms with Crippen LogP contribution in [-0.4, -0.2) is 38.1 Å². The maximum Gasteiger partial charge on any atom is 0.193 e. The van der Waals surface area contributed by atoms with Gasteiger partial charge in [0.05, 0.1) is 6.54 Å². The van der Waals surface area contributed by atoms with E-state index in [1.807, 2.05) is 55.6 Å². The summed E-state index contributed by atoms with van der Waals surface area (Å²) < 4.78 is 5.71. The van der Waals surface area contributed by atoms with Crippen molar-refractivity contribution < 1.29 is 4.74 Å². The lowest BCUT2D eigenvalue weighted by atomic mass is 10.2. The molecule has 0 amide bonds. The van der Waals surface area contributed by atoms with Crippen LogP contribution in [0.4, 0.5) is 0 Å². The van der Waals surface area contributed by atoms with Crippen LogP contribution in [0.5, 0.6) is 5.75 Å². The van der Waals surface area contributed by atoms with E-state index in [1.54, 1.807) is 7.05 Å². The Morgan fingerprint density at radius 2 is 1.68 bits per heavy atom. The van der Waals surface area contributed by atoms with Gasteiger partial charge in [-0.3, -0.25) is 4.99 Å². The molecular formula is C18H23N3O. The van der Waals surface area contributed by atoms with E-state index < -0.39 is 0 Å². The third kappa shape index (κ3) is 5.13. The van der Waals surface area contributed by atoms with Gasteiger partial charge < -0.3 is 15.0 Å². The van der Waals surface area contributed by atoms with Crippen LogP contribution in [0.25, 0.3) is 0 Å². The zero-order valence-electron chi connectivity index (χ0n) is 13.2.